The molecule has 0 fully saturated rings. The van der Waals surface area contributed by atoms with Gasteiger partial charge in [-0.1, -0.05) is 30.3 Å². The predicted octanol–water partition coefficient (Wildman–Crippen LogP) is 2.31. The molecule has 2 aromatic rings. The van der Waals surface area contributed by atoms with Gasteiger partial charge in [0, 0.05) is 0 Å². The van der Waals surface area contributed by atoms with E-state index in [-0.39, 0.29) is 0 Å². The van der Waals surface area contributed by atoms with E-state index in [1.807, 2.05) is 0 Å². The zero-order chi connectivity index (χ0) is 14.5. The van der Waals surface area contributed by atoms with E-state index in [2.05, 4.69) is 5.32 Å². The second-order valence-corrected chi connectivity index (χ2v) is 4.89. The molecule has 0 bridgehead atoms. The maximum absolute atomic E-state index is 12.1. The van der Waals surface area contributed by atoms with Crippen LogP contribution in [0.15, 0.2) is 41.8 Å². The number of thiophene rings is 1. The lowest BCUT2D eigenvalue weighted by atomic mass is 10.1. The first-order chi connectivity index (χ1) is 9.63. The van der Waals surface area contributed by atoms with E-state index < -0.39 is 17.9 Å². The largest absolute Gasteiger partial charge is 0.495 e. The minimum absolute atomic E-state index is 0.356. The fourth-order valence-corrected chi connectivity index (χ4v) is 2.51. The summed E-state index contributed by atoms with van der Waals surface area (Å²) in [5.74, 6) is -1.14. The highest BCUT2D eigenvalue weighted by Gasteiger charge is 2.24. The Morgan fingerprint density at radius 1 is 1.25 bits per heavy atom. The number of nitrogens with one attached hydrogen (secondary N) is 1. The minimum Gasteiger partial charge on any atom is -0.495 e. The molecule has 1 aromatic carbocycles. The van der Waals surface area contributed by atoms with Crippen molar-refractivity contribution in [1.29, 1.82) is 0 Å². The van der Waals surface area contributed by atoms with Crippen molar-refractivity contribution in [3.8, 4) is 5.75 Å². The molecule has 2 rings (SSSR count). The van der Waals surface area contributed by atoms with Gasteiger partial charge in [0.2, 0.25) is 0 Å². The second kappa shape index (κ2) is 6.21. The first-order valence-corrected chi connectivity index (χ1v) is 6.71. The summed E-state index contributed by atoms with van der Waals surface area (Å²) in [6, 6.07) is 9.13. The fraction of sp³-hybridized carbons (Fsp3) is 0.143. The van der Waals surface area contributed by atoms with Gasteiger partial charge in [0.05, 0.1) is 7.11 Å². The number of hydrogen-bond acceptors (Lipinski definition) is 4. The Balaban J connectivity index is 2.21. The number of amides is 1. The predicted molar refractivity (Wildman–Crippen MR) is 75.2 cm³/mol. The number of benzene rings is 1. The van der Waals surface area contributed by atoms with Crippen molar-refractivity contribution in [3.63, 3.8) is 0 Å². The molecule has 0 saturated carbocycles. The fourth-order valence-electron chi connectivity index (χ4n) is 1.75. The molecular formula is C14H13NO4S. The molecule has 0 unspecified atom stereocenters. The van der Waals surface area contributed by atoms with Gasteiger partial charge in [0.15, 0.2) is 6.04 Å². The third-order valence-electron chi connectivity index (χ3n) is 2.71. The van der Waals surface area contributed by atoms with Crippen molar-refractivity contribution in [2.45, 2.75) is 6.04 Å². The summed E-state index contributed by atoms with van der Waals surface area (Å²) in [4.78, 5) is 23.8. The smallest absolute Gasteiger partial charge is 0.330 e. The van der Waals surface area contributed by atoms with Gasteiger partial charge in [-0.3, -0.25) is 4.79 Å². The van der Waals surface area contributed by atoms with Gasteiger partial charge in [-0.05, 0) is 17.0 Å². The standard InChI is InChI=1S/C14H13NO4S/c1-19-10-7-8-20-12(10)13(16)15-11(14(17)18)9-5-3-2-4-6-9/h2-8,11H,1H3,(H,15,16)(H,17,18)/t11-/m0/s1. The number of rotatable bonds is 5. The molecule has 6 heteroatoms. The topological polar surface area (TPSA) is 75.6 Å². The van der Waals surface area contributed by atoms with E-state index in [4.69, 9.17) is 4.74 Å². The normalized spacial score (nSPS) is 11.7. The Morgan fingerprint density at radius 2 is 1.95 bits per heavy atom. The van der Waals surface area contributed by atoms with Crippen LogP contribution in [0.5, 0.6) is 5.75 Å². The van der Waals surface area contributed by atoms with Crippen LogP contribution in [0.25, 0.3) is 0 Å². The van der Waals surface area contributed by atoms with Crippen LogP contribution in [0, 0.1) is 0 Å². The van der Waals surface area contributed by atoms with E-state index in [0.29, 0.717) is 16.2 Å². The monoisotopic (exact) mass is 291 g/mol. The maximum Gasteiger partial charge on any atom is 0.330 e. The van der Waals surface area contributed by atoms with Gasteiger partial charge < -0.3 is 15.2 Å². The number of ether oxygens (including phenoxy) is 1. The molecule has 2 N–H and O–H groups in total. The molecule has 0 spiro atoms. The van der Waals surface area contributed by atoms with E-state index in [9.17, 15) is 14.7 Å². The summed E-state index contributed by atoms with van der Waals surface area (Å²) in [6.45, 7) is 0. The lowest BCUT2D eigenvalue weighted by molar-refractivity contribution is -0.139. The highest BCUT2D eigenvalue weighted by atomic mass is 32.1. The van der Waals surface area contributed by atoms with E-state index >= 15 is 0 Å². The third-order valence-corrected chi connectivity index (χ3v) is 3.60. The lowest BCUT2D eigenvalue weighted by Gasteiger charge is -2.14. The van der Waals surface area contributed by atoms with Gasteiger partial charge in [0.1, 0.15) is 10.6 Å². The van der Waals surface area contributed by atoms with Crippen LogP contribution in [-0.4, -0.2) is 24.1 Å². The van der Waals surface area contributed by atoms with E-state index in [0.717, 1.165) is 0 Å². The third kappa shape index (κ3) is 2.97. The zero-order valence-electron chi connectivity index (χ0n) is 10.7. The van der Waals surface area contributed by atoms with Crippen molar-refractivity contribution in [3.05, 3.63) is 52.2 Å². The molecule has 104 valence electrons. The van der Waals surface area contributed by atoms with Crippen LogP contribution in [0.4, 0.5) is 0 Å². The van der Waals surface area contributed by atoms with Crippen LogP contribution < -0.4 is 10.1 Å². The van der Waals surface area contributed by atoms with Crippen LogP contribution in [-0.2, 0) is 4.79 Å². The van der Waals surface area contributed by atoms with Crippen molar-refractivity contribution >= 4 is 23.2 Å². The maximum atomic E-state index is 12.1. The van der Waals surface area contributed by atoms with Crippen LogP contribution in [0.3, 0.4) is 0 Å². The summed E-state index contributed by atoms with van der Waals surface area (Å²) in [6.07, 6.45) is 0. The van der Waals surface area contributed by atoms with Crippen molar-refractivity contribution < 1.29 is 19.4 Å². The minimum atomic E-state index is -1.11. The van der Waals surface area contributed by atoms with Gasteiger partial charge in [-0.25, -0.2) is 4.79 Å². The number of carboxylic acid groups (broad SMARTS) is 1. The average molecular weight is 291 g/mol. The number of hydrogen-bond donors (Lipinski definition) is 2. The van der Waals surface area contributed by atoms with E-state index in [1.165, 1.54) is 18.4 Å². The quantitative estimate of drug-likeness (QED) is 0.886. The van der Waals surface area contributed by atoms with Gasteiger partial charge in [0.25, 0.3) is 5.91 Å². The molecule has 0 radical (unpaired) electrons. The van der Waals surface area contributed by atoms with Crippen molar-refractivity contribution in [2.75, 3.05) is 7.11 Å². The average Bonchev–Trinajstić information content (AvgIpc) is 2.93. The first-order valence-electron chi connectivity index (χ1n) is 5.83. The molecular weight excluding hydrogens is 278 g/mol. The first kappa shape index (κ1) is 14.1. The number of carbonyl (C=O) groups excluding carboxylic acids is 1. The molecule has 1 atom stereocenters. The highest BCUT2D eigenvalue weighted by Crippen LogP contribution is 2.25. The number of carboxylic acids is 1. The van der Waals surface area contributed by atoms with Crippen molar-refractivity contribution in [1.82, 2.24) is 5.32 Å². The molecule has 1 amide bonds. The Bertz CT molecular complexity index is 609. The molecule has 20 heavy (non-hydrogen) atoms. The van der Waals surface area contributed by atoms with Crippen LogP contribution in [0.1, 0.15) is 21.3 Å². The molecule has 1 aromatic heterocycles. The molecule has 0 aliphatic carbocycles. The second-order valence-electron chi connectivity index (χ2n) is 3.97. The number of methoxy groups -OCH3 is 1. The summed E-state index contributed by atoms with van der Waals surface area (Å²) >= 11 is 1.20. The van der Waals surface area contributed by atoms with Crippen LogP contribution in [0.2, 0.25) is 0 Å². The Labute approximate surface area is 119 Å². The summed E-state index contributed by atoms with van der Waals surface area (Å²) in [7, 11) is 1.46. The molecule has 5 nitrogen and oxygen atoms in total. The van der Waals surface area contributed by atoms with Gasteiger partial charge in [-0.15, -0.1) is 11.3 Å². The molecule has 1 heterocycles. The van der Waals surface area contributed by atoms with Crippen molar-refractivity contribution in [2.24, 2.45) is 0 Å². The molecule has 0 aliphatic rings. The van der Waals surface area contributed by atoms with Gasteiger partial charge >= 0.3 is 5.97 Å². The van der Waals surface area contributed by atoms with Gasteiger partial charge in [-0.2, -0.15) is 0 Å². The Morgan fingerprint density at radius 3 is 2.55 bits per heavy atom. The Hall–Kier alpha value is -2.34. The summed E-state index contributed by atoms with van der Waals surface area (Å²) in [5.41, 5.74) is 0.517. The summed E-state index contributed by atoms with van der Waals surface area (Å²) < 4.78 is 5.06. The lowest BCUT2D eigenvalue weighted by Crippen LogP contribution is -2.33. The molecule has 0 aliphatic heterocycles. The highest BCUT2D eigenvalue weighted by molar-refractivity contribution is 7.12. The number of carbonyl (C=O) groups is 2. The molecule has 0 saturated heterocycles. The SMILES string of the molecule is COc1ccsc1C(=O)N[C@H](C(=O)O)c1ccccc1. The Kier molecular flexibility index (Phi) is 4.37. The number of aliphatic carboxylic acids is 1. The van der Waals surface area contributed by atoms with Crippen LogP contribution >= 0.6 is 11.3 Å². The van der Waals surface area contributed by atoms with E-state index in [1.54, 1.807) is 41.8 Å². The zero-order valence-corrected chi connectivity index (χ0v) is 11.5. The summed E-state index contributed by atoms with van der Waals surface area (Å²) in [5, 5.41) is 13.5.